The summed E-state index contributed by atoms with van der Waals surface area (Å²) in [4.78, 5) is 10.5. The smallest absolute Gasteiger partial charge is 0.349 e. The zero-order valence-corrected chi connectivity index (χ0v) is 7.91. The normalized spacial score (nSPS) is 11.4. The molecule has 3 N–H and O–H groups in total. The van der Waals surface area contributed by atoms with Crippen molar-refractivity contribution >= 4 is 5.91 Å². The van der Waals surface area contributed by atoms with Gasteiger partial charge in [0.15, 0.2) is 0 Å². The van der Waals surface area contributed by atoms with Crippen molar-refractivity contribution in [2.75, 3.05) is 6.61 Å². The van der Waals surface area contributed by atoms with Gasteiger partial charge in [-0.25, -0.2) is 0 Å². The monoisotopic (exact) mass is 215 g/mol. The summed E-state index contributed by atoms with van der Waals surface area (Å²) in [5, 5.41) is 8.64. The van der Waals surface area contributed by atoms with E-state index in [9.17, 15) is 13.6 Å². The van der Waals surface area contributed by atoms with Crippen LogP contribution in [0.3, 0.4) is 0 Å². The van der Waals surface area contributed by atoms with Crippen molar-refractivity contribution in [3.8, 4) is 0 Å². The number of rotatable bonds is 4. The Balaban J connectivity index is 3.04. The van der Waals surface area contributed by atoms with Crippen LogP contribution in [-0.4, -0.2) is 17.6 Å². The largest absolute Gasteiger partial charge is 0.396 e. The maximum absolute atomic E-state index is 13.2. The highest BCUT2D eigenvalue weighted by atomic mass is 19.3. The Kier molecular flexibility index (Phi) is 3.36. The quantitative estimate of drug-likeness (QED) is 0.780. The number of carbonyl (C=O) groups excluding carboxylic acids is 1. The van der Waals surface area contributed by atoms with Gasteiger partial charge in [-0.05, 0) is 18.1 Å². The van der Waals surface area contributed by atoms with Gasteiger partial charge in [0.25, 0.3) is 5.91 Å². The molecule has 1 rings (SSSR count). The van der Waals surface area contributed by atoms with Crippen molar-refractivity contribution in [1.82, 2.24) is 0 Å². The molecule has 5 heteroatoms. The molecular formula is C10H11F2NO2. The molecule has 0 saturated heterocycles. The van der Waals surface area contributed by atoms with E-state index in [1.54, 1.807) is 6.07 Å². The molecule has 0 aliphatic carbocycles. The number of hydrogen-bond donors (Lipinski definition) is 2. The summed E-state index contributed by atoms with van der Waals surface area (Å²) in [5.74, 6) is -5.34. The Morgan fingerprint density at radius 2 is 2.13 bits per heavy atom. The van der Waals surface area contributed by atoms with Crippen LogP contribution in [0.15, 0.2) is 24.3 Å². The molecule has 82 valence electrons. The lowest BCUT2D eigenvalue weighted by atomic mass is 10.0. The van der Waals surface area contributed by atoms with Crippen molar-refractivity contribution < 1.29 is 18.7 Å². The Morgan fingerprint density at radius 1 is 1.47 bits per heavy atom. The summed E-state index contributed by atoms with van der Waals surface area (Å²) >= 11 is 0. The second-order valence-corrected chi connectivity index (χ2v) is 3.11. The molecule has 0 aliphatic rings. The van der Waals surface area contributed by atoms with Crippen molar-refractivity contribution in [2.24, 2.45) is 5.73 Å². The first kappa shape index (κ1) is 11.6. The van der Waals surface area contributed by atoms with Crippen LogP contribution in [0.4, 0.5) is 8.78 Å². The average molecular weight is 215 g/mol. The van der Waals surface area contributed by atoms with Crippen LogP contribution in [0.2, 0.25) is 0 Å². The topological polar surface area (TPSA) is 63.3 Å². The summed E-state index contributed by atoms with van der Waals surface area (Å²) in [6.07, 6.45) is 0.267. The van der Waals surface area contributed by atoms with Gasteiger partial charge in [-0.1, -0.05) is 18.2 Å². The van der Waals surface area contributed by atoms with Gasteiger partial charge >= 0.3 is 5.92 Å². The van der Waals surface area contributed by atoms with E-state index in [0.717, 1.165) is 6.07 Å². The Bertz CT molecular complexity index is 366. The predicted molar refractivity (Wildman–Crippen MR) is 50.3 cm³/mol. The van der Waals surface area contributed by atoms with Gasteiger partial charge in [0.2, 0.25) is 0 Å². The summed E-state index contributed by atoms with van der Waals surface area (Å²) in [7, 11) is 0. The molecular weight excluding hydrogens is 204 g/mol. The van der Waals surface area contributed by atoms with Gasteiger partial charge in [-0.2, -0.15) is 8.78 Å². The molecule has 0 radical (unpaired) electrons. The fraction of sp³-hybridized carbons (Fsp3) is 0.300. The molecule has 0 heterocycles. The average Bonchev–Trinajstić information content (AvgIpc) is 2.18. The molecule has 0 saturated carbocycles. The summed E-state index contributed by atoms with van der Waals surface area (Å²) in [5.41, 5.74) is 4.68. The maximum atomic E-state index is 13.2. The zero-order valence-electron chi connectivity index (χ0n) is 7.91. The van der Waals surface area contributed by atoms with Gasteiger partial charge in [0.05, 0.1) is 0 Å². The zero-order chi connectivity index (χ0) is 11.5. The fourth-order valence-electron chi connectivity index (χ4n) is 1.19. The maximum Gasteiger partial charge on any atom is 0.349 e. The molecule has 1 aromatic carbocycles. The number of benzene rings is 1. The molecule has 0 spiro atoms. The van der Waals surface area contributed by atoms with Crippen LogP contribution in [0, 0.1) is 0 Å². The van der Waals surface area contributed by atoms with Crippen LogP contribution in [0.1, 0.15) is 11.1 Å². The second kappa shape index (κ2) is 4.35. The lowest BCUT2D eigenvalue weighted by Crippen LogP contribution is -2.32. The lowest BCUT2D eigenvalue weighted by molar-refractivity contribution is -0.143. The first-order valence-electron chi connectivity index (χ1n) is 4.36. The van der Waals surface area contributed by atoms with Gasteiger partial charge in [-0.3, -0.25) is 4.79 Å². The first-order valence-corrected chi connectivity index (χ1v) is 4.36. The van der Waals surface area contributed by atoms with E-state index in [2.05, 4.69) is 5.73 Å². The summed E-state index contributed by atoms with van der Waals surface area (Å²) < 4.78 is 26.3. The molecule has 0 atom stereocenters. The summed E-state index contributed by atoms with van der Waals surface area (Å²) in [6, 6.07) is 5.29. The number of aliphatic hydroxyl groups is 1. The molecule has 0 unspecified atom stereocenters. The number of aliphatic hydroxyl groups excluding tert-OH is 1. The SMILES string of the molecule is NC(=O)C(F)(F)c1cccc(CCO)c1. The number of hydrogen-bond acceptors (Lipinski definition) is 2. The number of amides is 1. The van der Waals surface area contributed by atoms with E-state index in [1.807, 2.05) is 0 Å². The van der Waals surface area contributed by atoms with Gasteiger partial charge in [0, 0.05) is 12.2 Å². The van der Waals surface area contributed by atoms with Crippen LogP contribution < -0.4 is 5.73 Å². The van der Waals surface area contributed by atoms with Gasteiger partial charge in [-0.15, -0.1) is 0 Å². The minimum atomic E-state index is -3.66. The number of halogens is 2. The van der Waals surface area contributed by atoms with E-state index >= 15 is 0 Å². The number of alkyl halides is 2. The van der Waals surface area contributed by atoms with Crippen molar-refractivity contribution in [3.05, 3.63) is 35.4 Å². The van der Waals surface area contributed by atoms with E-state index in [1.165, 1.54) is 12.1 Å². The fourth-order valence-corrected chi connectivity index (χ4v) is 1.19. The van der Waals surface area contributed by atoms with Crippen molar-refractivity contribution in [2.45, 2.75) is 12.3 Å². The molecule has 0 bridgehead atoms. The molecule has 1 amide bonds. The van der Waals surface area contributed by atoms with E-state index in [4.69, 9.17) is 5.11 Å². The first-order chi connectivity index (χ1) is 6.98. The predicted octanol–water partition coefficient (Wildman–Crippen LogP) is 0.799. The van der Waals surface area contributed by atoms with Crippen LogP contribution in [0.5, 0.6) is 0 Å². The van der Waals surface area contributed by atoms with Crippen molar-refractivity contribution in [1.29, 1.82) is 0 Å². The third-order valence-electron chi connectivity index (χ3n) is 2.00. The standard InChI is InChI=1S/C10H11F2NO2/c11-10(12,9(13)15)8-3-1-2-7(6-8)4-5-14/h1-3,6,14H,4-5H2,(H2,13,15). The molecule has 0 aromatic heterocycles. The van der Waals surface area contributed by atoms with E-state index in [-0.39, 0.29) is 13.0 Å². The third-order valence-corrected chi connectivity index (χ3v) is 2.00. The third kappa shape index (κ3) is 2.50. The molecule has 1 aromatic rings. The molecule has 0 fully saturated rings. The number of primary amides is 1. The van der Waals surface area contributed by atoms with Crippen LogP contribution in [0.25, 0.3) is 0 Å². The number of nitrogens with two attached hydrogens (primary N) is 1. The van der Waals surface area contributed by atoms with Crippen LogP contribution >= 0.6 is 0 Å². The molecule has 15 heavy (non-hydrogen) atoms. The lowest BCUT2D eigenvalue weighted by Gasteiger charge is -2.13. The minimum absolute atomic E-state index is 0.133. The van der Waals surface area contributed by atoms with Gasteiger partial charge in [0.1, 0.15) is 0 Å². The van der Waals surface area contributed by atoms with E-state index < -0.39 is 17.4 Å². The highest BCUT2D eigenvalue weighted by Gasteiger charge is 2.38. The Morgan fingerprint density at radius 3 is 2.67 bits per heavy atom. The van der Waals surface area contributed by atoms with Crippen molar-refractivity contribution in [3.63, 3.8) is 0 Å². The molecule has 0 aliphatic heterocycles. The summed E-state index contributed by atoms with van der Waals surface area (Å²) in [6.45, 7) is -0.133. The second-order valence-electron chi connectivity index (χ2n) is 3.11. The highest BCUT2D eigenvalue weighted by molar-refractivity contribution is 5.83. The van der Waals surface area contributed by atoms with Gasteiger partial charge < -0.3 is 10.8 Å². The van der Waals surface area contributed by atoms with E-state index in [0.29, 0.717) is 5.56 Å². The Hall–Kier alpha value is -1.49. The minimum Gasteiger partial charge on any atom is -0.396 e. The Labute approximate surface area is 85.5 Å². The highest BCUT2D eigenvalue weighted by Crippen LogP contribution is 2.27. The van der Waals surface area contributed by atoms with Crippen LogP contribution in [-0.2, 0) is 17.1 Å². The molecule has 3 nitrogen and oxygen atoms in total. The number of carbonyl (C=O) groups is 1.